The minimum Gasteiger partial charge on any atom is -0.358 e. The lowest BCUT2D eigenvalue weighted by atomic mass is 10.2. The molecular weight excluding hydrogens is 212 g/mol. The van der Waals surface area contributed by atoms with Crippen LogP contribution < -0.4 is 10.6 Å². The number of thiol groups is 1. The van der Waals surface area contributed by atoms with Gasteiger partial charge in [-0.3, -0.25) is 9.59 Å². The number of amides is 2. The first kappa shape index (κ1) is 11.6. The molecule has 0 aliphatic heterocycles. The highest BCUT2D eigenvalue weighted by molar-refractivity contribution is 7.80. The average Bonchev–Trinajstić information content (AvgIpc) is 2.26. The Morgan fingerprint density at radius 2 is 1.87 bits per heavy atom. The van der Waals surface area contributed by atoms with Crippen molar-refractivity contribution >= 4 is 24.4 Å². The fourth-order valence-corrected chi connectivity index (χ4v) is 1.11. The molecule has 0 unspecified atom stereocenters. The quantitative estimate of drug-likeness (QED) is 0.653. The van der Waals surface area contributed by atoms with Gasteiger partial charge in [0.25, 0.3) is 5.91 Å². The van der Waals surface area contributed by atoms with Crippen LogP contribution in [-0.4, -0.2) is 25.4 Å². The molecule has 0 fully saturated rings. The summed E-state index contributed by atoms with van der Waals surface area (Å²) in [4.78, 5) is 23.1. The largest absolute Gasteiger partial charge is 0.358 e. The third kappa shape index (κ3) is 3.63. The lowest BCUT2D eigenvalue weighted by Gasteiger charge is -2.04. The minimum absolute atomic E-state index is 0.0159. The van der Waals surface area contributed by atoms with E-state index in [2.05, 4.69) is 23.3 Å². The molecule has 0 aliphatic carbocycles. The second kappa shape index (κ2) is 5.41. The van der Waals surface area contributed by atoms with Crippen molar-refractivity contribution in [3.8, 4) is 0 Å². The van der Waals surface area contributed by atoms with E-state index >= 15 is 0 Å². The average molecular weight is 224 g/mol. The summed E-state index contributed by atoms with van der Waals surface area (Å²) in [6, 6.07) is 6.75. The zero-order valence-corrected chi connectivity index (χ0v) is 9.17. The molecule has 1 aromatic rings. The van der Waals surface area contributed by atoms with Crippen LogP contribution in [0.25, 0.3) is 0 Å². The first-order chi connectivity index (χ1) is 7.13. The minimum atomic E-state index is -0.271. The van der Waals surface area contributed by atoms with Crippen molar-refractivity contribution in [2.45, 2.75) is 4.90 Å². The predicted octanol–water partition coefficient (Wildman–Crippen LogP) is 0.451. The summed E-state index contributed by atoms with van der Waals surface area (Å²) < 4.78 is 0. The summed E-state index contributed by atoms with van der Waals surface area (Å²) in [5, 5.41) is 4.91. The number of nitrogens with one attached hydrogen (secondary N) is 2. The molecule has 0 spiro atoms. The highest BCUT2D eigenvalue weighted by atomic mass is 32.1. The highest BCUT2D eigenvalue weighted by Gasteiger charge is 2.05. The van der Waals surface area contributed by atoms with Gasteiger partial charge in [-0.2, -0.15) is 0 Å². The fourth-order valence-electron chi connectivity index (χ4n) is 0.964. The molecule has 2 N–H and O–H groups in total. The first-order valence-electron chi connectivity index (χ1n) is 4.41. The van der Waals surface area contributed by atoms with Crippen LogP contribution in [0.15, 0.2) is 29.2 Å². The van der Waals surface area contributed by atoms with Gasteiger partial charge in [0.15, 0.2) is 0 Å². The van der Waals surface area contributed by atoms with E-state index in [0.29, 0.717) is 5.56 Å². The molecule has 0 atom stereocenters. The third-order valence-electron chi connectivity index (χ3n) is 1.82. The number of hydrogen-bond donors (Lipinski definition) is 3. The van der Waals surface area contributed by atoms with Crippen molar-refractivity contribution < 1.29 is 9.59 Å². The van der Waals surface area contributed by atoms with Gasteiger partial charge in [0.2, 0.25) is 5.91 Å². The zero-order valence-electron chi connectivity index (χ0n) is 8.28. The summed E-state index contributed by atoms with van der Waals surface area (Å²) in [5.41, 5.74) is 0.511. The van der Waals surface area contributed by atoms with E-state index in [0.717, 1.165) is 4.90 Å². The van der Waals surface area contributed by atoms with E-state index in [4.69, 9.17) is 0 Å². The fraction of sp³-hybridized carbons (Fsp3) is 0.200. The van der Waals surface area contributed by atoms with Crippen molar-refractivity contribution in [3.63, 3.8) is 0 Å². The Hall–Kier alpha value is -1.49. The molecule has 0 aromatic heterocycles. The second-order valence-corrected chi connectivity index (χ2v) is 3.42. The summed E-state index contributed by atoms with van der Waals surface area (Å²) in [7, 11) is 1.52. The standard InChI is InChI=1S/C10H12N2O2S/c1-11-9(13)6-12-10(14)7-2-4-8(15)5-3-7/h2-5,15H,6H2,1H3,(H,11,13)(H,12,14). The molecule has 1 rings (SSSR count). The van der Waals surface area contributed by atoms with Gasteiger partial charge in [-0.15, -0.1) is 12.6 Å². The van der Waals surface area contributed by atoms with Crippen LogP contribution >= 0.6 is 12.6 Å². The summed E-state index contributed by atoms with van der Waals surface area (Å²) in [5.74, 6) is -0.499. The number of hydrogen-bond acceptors (Lipinski definition) is 3. The maximum atomic E-state index is 11.5. The van der Waals surface area contributed by atoms with Gasteiger partial charge < -0.3 is 10.6 Å². The molecule has 0 saturated carbocycles. The Bertz CT molecular complexity index is 362. The lowest BCUT2D eigenvalue weighted by Crippen LogP contribution is -2.35. The van der Waals surface area contributed by atoms with Crippen LogP contribution in [-0.2, 0) is 4.79 Å². The number of rotatable bonds is 3. The van der Waals surface area contributed by atoms with E-state index < -0.39 is 0 Å². The van der Waals surface area contributed by atoms with Crippen molar-refractivity contribution in [2.24, 2.45) is 0 Å². The molecule has 0 heterocycles. The summed E-state index contributed by atoms with van der Waals surface area (Å²) >= 11 is 4.10. The van der Waals surface area contributed by atoms with Crippen molar-refractivity contribution in [1.82, 2.24) is 10.6 Å². The number of likely N-dealkylation sites (N-methyl/N-ethyl adjacent to an activating group) is 1. The van der Waals surface area contributed by atoms with E-state index in [9.17, 15) is 9.59 Å². The van der Waals surface area contributed by atoms with Gasteiger partial charge in [0, 0.05) is 17.5 Å². The molecule has 1 aromatic carbocycles. The molecular formula is C10H12N2O2S. The van der Waals surface area contributed by atoms with Crippen LogP contribution in [0, 0.1) is 0 Å². The Kier molecular flexibility index (Phi) is 4.17. The van der Waals surface area contributed by atoms with Gasteiger partial charge >= 0.3 is 0 Å². The topological polar surface area (TPSA) is 58.2 Å². The summed E-state index contributed by atoms with van der Waals surface area (Å²) in [6.45, 7) is -0.0159. The number of benzene rings is 1. The lowest BCUT2D eigenvalue weighted by molar-refractivity contribution is -0.119. The van der Waals surface area contributed by atoms with E-state index in [1.54, 1.807) is 24.3 Å². The molecule has 4 nitrogen and oxygen atoms in total. The smallest absolute Gasteiger partial charge is 0.251 e. The van der Waals surface area contributed by atoms with E-state index in [1.165, 1.54) is 7.05 Å². The maximum absolute atomic E-state index is 11.5. The monoisotopic (exact) mass is 224 g/mol. The maximum Gasteiger partial charge on any atom is 0.251 e. The van der Waals surface area contributed by atoms with Gasteiger partial charge in [0.05, 0.1) is 6.54 Å². The molecule has 0 radical (unpaired) electrons. The van der Waals surface area contributed by atoms with Gasteiger partial charge in [-0.25, -0.2) is 0 Å². The zero-order chi connectivity index (χ0) is 11.3. The van der Waals surface area contributed by atoms with Crippen LogP contribution in [0.3, 0.4) is 0 Å². The molecule has 5 heteroatoms. The Morgan fingerprint density at radius 3 is 2.40 bits per heavy atom. The molecule has 0 bridgehead atoms. The molecule has 2 amide bonds. The van der Waals surface area contributed by atoms with Gasteiger partial charge in [-0.05, 0) is 24.3 Å². The molecule has 80 valence electrons. The Labute approximate surface area is 93.5 Å². The molecule has 15 heavy (non-hydrogen) atoms. The Morgan fingerprint density at radius 1 is 1.27 bits per heavy atom. The SMILES string of the molecule is CNC(=O)CNC(=O)c1ccc(S)cc1. The normalized spacial score (nSPS) is 9.47. The first-order valence-corrected chi connectivity index (χ1v) is 4.86. The number of carbonyl (C=O) groups excluding carboxylic acids is 2. The van der Waals surface area contributed by atoms with E-state index in [1.807, 2.05) is 0 Å². The van der Waals surface area contributed by atoms with Crippen LogP contribution in [0.4, 0.5) is 0 Å². The van der Waals surface area contributed by atoms with Crippen molar-refractivity contribution in [1.29, 1.82) is 0 Å². The van der Waals surface area contributed by atoms with E-state index in [-0.39, 0.29) is 18.4 Å². The molecule has 0 saturated heterocycles. The van der Waals surface area contributed by atoms with Crippen molar-refractivity contribution in [3.05, 3.63) is 29.8 Å². The van der Waals surface area contributed by atoms with Crippen molar-refractivity contribution in [2.75, 3.05) is 13.6 Å². The predicted molar refractivity (Wildman–Crippen MR) is 60.1 cm³/mol. The van der Waals surface area contributed by atoms with Crippen LogP contribution in [0.5, 0.6) is 0 Å². The third-order valence-corrected chi connectivity index (χ3v) is 2.12. The number of carbonyl (C=O) groups is 2. The van der Waals surface area contributed by atoms with Crippen LogP contribution in [0.1, 0.15) is 10.4 Å². The van der Waals surface area contributed by atoms with Gasteiger partial charge in [0.1, 0.15) is 0 Å². The van der Waals surface area contributed by atoms with Gasteiger partial charge in [-0.1, -0.05) is 0 Å². The second-order valence-electron chi connectivity index (χ2n) is 2.90. The molecule has 0 aliphatic rings. The highest BCUT2D eigenvalue weighted by Crippen LogP contribution is 2.07. The summed E-state index contributed by atoms with van der Waals surface area (Å²) in [6.07, 6.45) is 0. The van der Waals surface area contributed by atoms with Crippen LogP contribution in [0.2, 0.25) is 0 Å². The Balaban J connectivity index is 2.54.